The predicted molar refractivity (Wildman–Crippen MR) is 326 cm³/mol. The molecule has 0 spiro atoms. The Bertz CT molecular complexity index is 2540. The van der Waals surface area contributed by atoms with Crippen molar-refractivity contribution in [1.29, 1.82) is 0 Å². The van der Waals surface area contributed by atoms with Gasteiger partial charge in [-0.2, -0.15) is 0 Å². The average Bonchev–Trinajstić information content (AvgIpc) is 2.61. The summed E-state index contributed by atoms with van der Waals surface area (Å²) in [7, 11) is 3.52. The number of hydrogen-bond donors (Lipinski definition) is 5. The highest BCUT2D eigenvalue weighted by Crippen LogP contribution is 2.21. The Kier molecular flexibility index (Phi) is 29.4. The van der Waals surface area contributed by atoms with E-state index in [4.69, 9.17) is 18.9 Å². The molecule has 6 amide bonds. The number of hydrogen-bond acceptors (Lipinski definition) is 18. The summed E-state index contributed by atoms with van der Waals surface area (Å²) in [6.45, 7) is 24.9. The molecule has 0 saturated carbocycles. The smallest absolute Gasteiger partial charge is 0.328 e. The van der Waals surface area contributed by atoms with Crippen molar-refractivity contribution in [3.8, 4) is 0 Å². The standard InChI is InChI=1S/C62H100N10O14/c1-60(2,3)43-71-35-33-68(29-30-69(41-53(75)85-61(4,5)6)31-32-70(34-36-71)42-54(76)86-62(7,8)9)40-51(73)64-39-44-24-27-72(28-25-44)59(81)67-50(38-45-20-21-46-17-13-14-18-47(46)37-45)55(77)63-26-16-15-19-48(56(78)83-11)65-58(80)66-49(57(79)84-12)22-23-52(74)82-10/h13-14,17-18,20-21,37,44,48-50H,15-16,19,22-36,38-43H2,1-12H3,(H,63,77)(H,64,73)(H,67,81)(H2,65,66,80)/t48?,49-,50-/m0/s1. The van der Waals surface area contributed by atoms with Gasteiger partial charge in [0.25, 0.3) is 0 Å². The number of piperidine rings is 1. The van der Waals surface area contributed by atoms with Crippen LogP contribution in [0, 0.1) is 11.3 Å². The molecule has 24 heteroatoms. The molecule has 2 aliphatic rings. The van der Waals surface area contributed by atoms with Crippen molar-refractivity contribution in [3.05, 3.63) is 48.0 Å². The Morgan fingerprint density at radius 1 is 0.547 bits per heavy atom. The van der Waals surface area contributed by atoms with Gasteiger partial charge in [0.15, 0.2) is 0 Å². The molecule has 2 fully saturated rings. The van der Waals surface area contributed by atoms with Crippen LogP contribution in [0.25, 0.3) is 10.8 Å². The van der Waals surface area contributed by atoms with Crippen molar-refractivity contribution in [2.45, 2.75) is 143 Å². The van der Waals surface area contributed by atoms with Gasteiger partial charge >= 0.3 is 41.9 Å². The molecule has 2 saturated heterocycles. The minimum absolute atomic E-state index is 0.00484. The Hall–Kier alpha value is -6.63. The van der Waals surface area contributed by atoms with E-state index in [1.807, 2.05) is 88.9 Å². The number of amides is 6. The molecule has 3 atom stereocenters. The van der Waals surface area contributed by atoms with E-state index in [1.54, 1.807) is 4.90 Å². The van der Waals surface area contributed by atoms with Crippen molar-refractivity contribution in [2.24, 2.45) is 11.3 Å². The molecule has 2 aliphatic heterocycles. The number of likely N-dealkylation sites (tertiary alicyclic amines) is 1. The Balaban J connectivity index is 1.35. The van der Waals surface area contributed by atoms with E-state index in [1.165, 1.54) is 14.2 Å². The van der Waals surface area contributed by atoms with Crippen molar-refractivity contribution in [1.82, 2.24) is 51.1 Å². The van der Waals surface area contributed by atoms with Gasteiger partial charge in [-0.15, -0.1) is 0 Å². The number of urea groups is 2. The first-order valence-electron chi connectivity index (χ1n) is 30.2. The number of fused-ring (bicyclic) bond motifs is 1. The van der Waals surface area contributed by atoms with Crippen LogP contribution in [0.2, 0.25) is 0 Å². The van der Waals surface area contributed by atoms with Crippen molar-refractivity contribution in [3.63, 3.8) is 0 Å². The van der Waals surface area contributed by atoms with Crippen molar-refractivity contribution < 1.29 is 66.8 Å². The molecule has 0 aromatic heterocycles. The third-order valence-corrected chi connectivity index (χ3v) is 14.6. The van der Waals surface area contributed by atoms with Gasteiger partial charge in [-0.3, -0.25) is 38.7 Å². The summed E-state index contributed by atoms with van der Waals surface area (Å²) in [6, 6.07) is 9.32. The van der Waals surface area contributed by atoms with Gasteiger partial charge < -0.3 is 60.1 Å². The fraction of sp³-hybridized carbons (Fsp3) is 0.694. The summed E-state index contributed by atoms with van der Waals surface area (Å²) in [4.78, 5) is 128. The highest BCUT2D eigenvalue weighted by molar-refractivity contribution is 5.89. The number of methoxy groups -OCH3 is 3. The van der Waals surface area contributed by atoms with Crippen molar-refractivity contribution in [2.75, 3.05) is 126 Å². The van der Waals surface area contributed by atoms with E-state index in [-0.39, 0.29) is 87.1 Å². The van der Waals surface area contributed by atoms with Crippen LogP contribution in [0.5, 0.6) is 0 Å². The van der Waals surface area contributed by atoms with E-state index < -0.39 is 59.2 Å². The lowest BCUT2D eigenvalue weighted by Gasteiger charge is -2.36. The quantitative estimate of drug-likeness (QED) is 0.0536. The van der Waals surface area contributed by atoms with Crippen LogP contribution in [0.1, 0.15) is 113 Å². The third kappa shape index (κ3) is 28.3. The molecule has 0 bridgehead atoms. The lowest BCUT2D eigenvalue weighted by Crippen LogP contribution is -2.54. The van der Waals surface area contributed by atoms with Gasteiger partial charge in [0.05, 0.1) is 41.0 Å². The topological polar surface area (TPSA) is 276 Å². The fourth-order valence-electron chi connectivity index (χ4n) is 10.2. The predicted octanol–water partition coefficient (Wildman–Crippen LogP) is 3.86. The van der Waals surface area contributed by atoms with E-state index in [9.17, 15) is 43.2 Å². The number of carbonyl (C=O) groups excluding carboxylic acids is 9. The average molecular weight is 1210 g/mol. The van der Waals surface area contributed by atoms with E-state index in [2.05, 4.69) is 66.8 Å². The zero-order valence-corrected chi connectivity index (χ0v) is 53.3. The maximum Gasteiger partial charge on any atom is 0.328 e. The fourth-order valence-corrected chi connectivity index (χ4v) is 10.2. The highest BCUT2D eigenvalue weighted by atomic mass is 16.6. The number of ether oxygens (including phenoxy) is 5. The number of unbranched alkanes of at least 4 members (excludes halogenated alkanes) is 1. The van der Waals surface area contributed by atoms with E-state index in [0.29, 0.717) is 97.7 Å². The Labute approximate surface area is 509 Å². The molecule has 2 aromatic carbocycles. The molecule has 5 N–H and O–H groups in total. The van der Waals surface area contributed by atoms with Crippen LogP contribution < -0.4 is 26.6 Å². The second-order valence-electron chi connectivity index (χ2n) is 25.6. The van der Waals surface area contributed by atoms with Gasteiger partial charge in [0, 0.05) is 97.9 Å². The van der Waals surface area contributed by atoms with Crippen LogP contribution in [-0.4, -0.2) is 234 Å². The Morgan fingerprint density at radius 2 is 1.06 bits per heavy atom. The van der Waals surface area contributed by atoms with Crippen LogP contribution in [0.4, 0.5) is 9.59 Å². The minimum Gasteiger partial charge on any atom is -0.469 e. The first-order valence-corrected chi connectivity index (χ1v) is 30.2. The summed E-state index contributed by atoms with van der Waals surface area (Å²) in [5, 5.41) is 16.1. The number of nitrogens with one attached hydrogen (secondary N) is 5. The summed E-state index contributed by atoms with van der Waals surface area (Å²) < 4.78 is 25.7. The number of esters is 5. The Morgan fingerprint density at radius 3 is 1.57 bits per heavy atom. The third-order valence-electron chi connectivity index (χ3n) is 14.6. The van der Waals surface area contributed by atoms with Crippen LogP contribution in [-0.2, 0) is 63.7 Å². The molecule has 86 heavy (non-hydrogen) atoms. The molecule has 2 heterocycles. The van der Waals surface area contributed by atoms with Gasteiger partial charge in [0.2, 0.25) is 11.8 Å². The zero-order valence-electron chi connectivity index (χ0n) is 53.3. The minimum atomic E-state index is -1.18. The molecule has 24 nitrogen and oxygen atoms in total. The summed E-state index contributed by atoms with van der Waals surface area (Å²) in [5.74, 6) is -3.15. The second kappa shape index (κ2) is 35.2. The molecular weight excluding hydrogens is 1110 g/mol. The number of nitrogens with zero attached hydrogens (tertiary/aromatic N) is 5. The van der Waals surface area contributed by atoms with Crippen LogP contribution >= 0.6 is 0 Å². The molecule has 4 rings (SSSR count). The van der Waals surface area contributed by atoms with Crippen molar-refractivity contribution >= 4 is 64.5 Å². The zero-order chi connectivity index (χ0) is 63.6. The summed E-state index contributed by atoms with van der Waals surface area (Å²) in [5.41, 5.74) is -0.438. The normalized spacial score (nSPS) is 16.9. The molecule has 482 valence electrons. The highest BCUT2D eigenvalue weighted by Gasteiger charge is 2.31. The van der Waals surface area contributed by atoms with E-state index >= 15 is 0 Å². The number of benzene rings is 2. The lowest BCUT2D eigenvalue weighted by atomic mass is 9.96. The number of carbonyl (C=O) groups is 9. The van der Waals surface area contributed by atoms with E-state index in [0.717, 1.165) is 30.0 Å². The maximum absolute atomic E-state index is 14.0. The SMILES string of the molecule is COC(=O)CC[C@H](NC(=O)NC(CCCCNC(=O)[C@H](Cc1ccc2ccccc2c1)NC(=O)N1CCC(CNC(=O)CN2CCN(CC(=O)OC(C)(C)C)CCN(CC(=O)OC(C)(C)C)CCN(CC(C)(C)C)CC2)CC1)C(=O)OC)C(=O)OC. The molecule has 2 aromatic rings. The van der Waals surface area contributed by atoms with Gasteiger partial charge in [-0.25, -0.2) is 19.2 Å². The molecule has 1 unspecified atom stereocenters. The van der Waals surface area contributed by atoms with Gasteiger partial charge in [0.1, 0.15) is 29.3 Å². The summed E-state index contributed by atoms with van der Waals surface area (Å²) in [6.07, 6.45) is 2.12. The second-order valence-corrected chi connectivity index (χ2v) is 25.6. The maximum atomic E-state index is 14.0. The molecule has 0 aliphatic carbocycles. The monoisotopic (exact) mass is 1210 g/mol. The molecular formula is C62H100N10O14. The van der Waals surface area contributed by atoms with Crippen LogP contribution in [0.15, 0.2) is 42.5 Å². The first kappa shape index (κ1) is 71.8. The molecule has 0 radical (unpaired) electrons. The van der Waals surface area contributed by atoms with Crippen LogP contribution in [0.3, 0.4) is 0 Å². The largest absolute Gasteiger partial charge is 0.469 e. The lowest BCUT2D eigenvalue weighted by molar-refractivity contribution is -0.158. The number of rotatable bonds is 25. The summed E-state index contributed by atoms with van der Waals surface area (Å²) >= 11 is 0. The first-order chi connectivity index (χ1) is 40.5. The van der Waals surface area contributed by atoms with Gasteiger partial charge in [-0.05, 0) is 108 Å². The van der Waals surface area contributed by atoms with Gasteiger partial charge in [-0.1, -0.05) is 63.2 Å².